The lowest BCUT2D eigenvalue weighted by molar-refractivity contribution is 0.426. The average molecular weight is 205 g/mol. The maximum Gasteiger partial charge on any atom is 0.0208 e. The molecule has 1 heteroatoms. The first kappa shape index (κ1) is 12.3. The molecule has 0 aromatic heterocycles. The van der Waals surface area contributed by atoms with Crippen LogP contribution in [0, 0.1) is 5.92 Å². The van der Waals surface area contributed by atoms with Crippen molar-refractivity contribution in [3.63, 3.8) is 0 Å². The molecular formula is C14H23N. The fraction of sp³-hybridized carbons (Fsp3) is 0.571. The third kappa shape index (κ3) is 4.05. The highest BCUT2D eigenvalue weighted by atomic mass is 14.9. The number of rotatable bonds is 5. The van der Waals surface area contributed by atoms with Gasteiger partial charge in [-0.25, -0.2) is 0 Å². The molecule has 0 unspecified atom stereocenters. The Morgan fingerprint density at radius 1 is 1.00 bits per heavy atom. The fourth-order valence-electron chi connectivity index (χ4n) is 1.41. The van der Waals surface area contributed by atoms with Crippen LogP contribution in [0.4, 0.5) is 0 Å². The molecule has 1 nitrogen and oxygen atoms in total. The van der Waals surface area contributed by atoms with Crippen molar-refractivity contribution < 1.29 is 0 Å². The second-order valence-corrected chi connectivity index (χ2v) is 4.58. The second-order valence-electron chi connectivity index (χ2n) is 4.58. The summed E-state index contributed by atoms with van der Waals surface area (Å²) in [4.78, 5) is 0. The number of hydrogen-bond donors (Lipinski definition) is 1. The highest BCUT2D eigenvalue weighted by molar-refractivity contribution is 5.22. The standard InChI is InChI=1S/C14H23N/c1-5-13-6-8-14(9-7-13)10-15-12(4)11(2)3/h6-9,11-12,15H,5,10H2,1-4H3/t12-/m0/s1. The molecule has 0 radical (unpaired) electrons. The molecular weight excluding hydrogens is 182 g/mol. The molecule has 1 N–H and O–H groups in total. The Balaban J connectivity index is 2.44. The summed E-state index contributed by atoms with van der Waals surface area (Å²) in [7, 11) is 0. The molecule has 1 rings (SSSR count). The summed E-state index contributed by atoms with van der Waals surface area (Å²) in [5, 5.41) is 3.54. The first-order valence-corrected chi connectivity index (χ1v) is 5.94. The molecule has 0 aliphatic carbocycles. The summed E-state index contributed by atoms with van der Waals surface area (Å²) in [6, 6.07) is 9.46. The number of hydrogen-bond acceptors (Lipinski definition) is 1. The molecule has 0 heterocycles. The van der Waals surface area contributed by atoms with Gasteiger partial charge in [0.15, 0.2) is 0 Å². The quantitative estimate of drug-likeness (QED) is 0.777. The van der Waals surface area contributed by atoms with E-state index in [1.807, 2.05) is 0 Å². The first-order chi connectivity index (χ1) is 7.13. The average Bonchev–Trinajstić information content (AvgIpc) is 2.26. The van der Waals surface area contributed by atoms with Crippen LogP contribution in [0.25, 0.3) is 0 Å². The summed E-state index contributed by atoms with van der Waals surface area (Å²) in [5.41, 5.74) is 2.79. The van der Waals surface area contributed by atoms with Crippen LogP contribution in [0.2, 0.25) is 0 Å². The summed E-state index contributed by atoms with van der Waals surface area (Å²) in [6.45, 7) is 9.90. The summed E-state index contributed by atoms with van der Waals surface area (Å²) in [6.07, 6.45) is 1.12. The Labute approximate surface area is 93.9 Å². The van der Waals surface area contributed by atoms with Gasteiger partial charge >= 0.3 is 0 Å². The molecule has 0 aliphatic rings. The van der Waals surface area contributed by atoms with Gasteiger partial charge < -0.3 is 5.32 Å². The van der Waals surface area contributed by atoms with E-state index in [2.05, 4.69) is 57.3 Å². The SMILES string of the molecule is CCc1ccc(CN[C@@H](C)C(C)C)cc1. The summed E-state index contributed by atoms with van der Waals surface area (Å²) >= 11 is 0. The molecule has 84 valence electrons. The zero-order chi connectivity index (χ0) is 11.3. The van der Waals surface area contributed by atoms with Crippen molar-refractivity contribution in [2.45, 2.75) is 46.7 Å². The van der Waals surface area contributed by atoms with Crippen LogP contribution in [-0.2, 0) is 13.0 Å². The Morgan fingerprint density at radius 2 is 1.53 bits per heavy atom. The van der Waals surface area contributed by atoms with Crippen LogP contribution < -0.4 is 5.32 Å². The molecule has 0 saturated carbocycles. The van der Waals surface area contributed by atoms with E-state index in [1.54, 1.807) is 0 Å². The highest BCUT2D eigenvalue weighted by Crippen LogP contribution is 2.06. The zero-order valence-corrected chi connectivity index (χ0v) is 10.4. The predicted molar refractivity (Wildman–Crippen MR) is 67.0 cm³/mol. The number of aryl methyl sites for hydroxylation is 1. The van der Waals surface area contributed by atoms with Crippen LogP contribution in [0.1, 0.15) is 38.8 Å². The van der Waals surface area contributed by atoms with E-state index in [9.17, 15) is 0 Å². The van der Waals surface area contributed by atoms with Crippen molar-refractivity contribution >= 4 is 0 Å². The minimum atomic E-state index is 0.579. The molecule has 0 bridgehead atoms. The minimum absolute atomic E-state index is 0.579. The van der Waals surface area contributed by atoms with Crippen molar-refractivity contribution in [2.75, 3.05) is 0 Å². The molecule has 1 aromatic carbocycles. The van der Waals surface area contributed by atoms with Gasteiger partial charge in [-0.05, 0) is 30.4 Å². The smallest absolute Gasteiger partial charge is 0.0208 e. The van der Waals surface area contributed by atoms with E-state index in [1.165, 1.54) is 11.1 Å². The molecule has 15 heavy (non-hydrogen) atoms. The second kappa shape index (κ2) is 5.92. The van der Waals surface area contributed by atoms with Gasteiger partial charge in [-0.3, -0.25) is 0 Å². The van der Waals surface area contributed by atoms with E-state index in [-0.39, 0.29) is 0 Å². The van der Waals surface area contributed by atoms with E-state index in [0.717, 1.165) is 13.0 Å². The molecule has 1 aromatic rings. The van der Waals surface area contributed by atoms with Crippen molar-refractivity contribution in [3.8, 4) is 0 Å². The Hall–Kier alpha value is -0.820. The topological polar surface area (TPSA) is 12.0 Å². The van der Waals surface area contributed by atoms with Gasteiger partial charge in [0.2, 0.25) is 0 Å². The molecule has 0 saturated heterocycles. The van der Waals surface area contributed by atoms with Crippen molar-refractivity contribution in [1.82, 2.24) is 5.32 Å². The van der Waals surface area contributed by atoms with Crippen LogP contribution in [0.5, 0.6) is 0 Å². The molecule has 0 fully saturated rings. The monoisotopic (exact) mass is 205 g/mol. The summed E-state index contributed by atoms with van der Waals surface area (Å²) in [5.74, 6) is 0.694. The van der Waals surface area contributed by atoms with Crippen molar-refractivity contribution in [1.29, 1.82) is 0 Å². The maximum absolute atomic E-state index is 3.54. The lowest BCUT2D eigenvalue weighted by Crippen LogP contribution is -2.30. The van der Waals surface area contributed by atoms with Gasteiger partial charge in [-0.2, -0.15) is 0 Å². The van der Waals surface area contributed by atoms with E-state index >= 15 is 0 Å². The van der Waals surface area contributed by atoms with Gasteiger partial charge in [0, 0.05) is 12.6 Å². The largest absolute Gasteiger partial charge is 0.310 e. The summed E-state index contributed by atoms with van der Waals surface area (Å²) < 4.78 is 0. The predicted octanol–water partition coefficient (Wildman–Crippen LogP) is 3.38. The number of nitrogens with one attached hydrogen (secondary N) is 1. The maximum atomic E-state index is 3.54. The Kier molecular flexibility index (Phi) is 4.83. The zero-order valence-electron chi connectivity index (χ0n) is 10.4. The fourth-order valence-corrected chi connectivity index (χ4v) is 1.41. The van der Waals surface area contributed by atoms with Gasteiger partial charge in [0.25, 0.3) is 0 Å². The lowest BCUT2D eigenvalue weighted by Gasteiger charge is -2.17. The minimum Gasteiger partial charge on any atom is -0.310 e. The lowest BCUT2D eigenvalue weighted by atomic mass is 10.1. The van der Waals surface area contributed by atoms with Gasteiger partial charge in [-0.15, -0.1) is 0 Å². The van der Waals surface area contributed by atoms with E-state index < -0.39 is 0 Å². The van der Waals surface area contributed by atoms with Gasteiger partial charge in [0.1, 0.15) is 0 Å². The Morgan fingerprint density at radius 3 is 2.00 bits per heavy atom. The van der Waals surface area contributed by atoms with Gasteiger partial charge in [0.05, 0.1) is 0 Å². The van der Waals surface area contributed by atoms with Crippen LogP contribution in [0.15, 0.2) is 24.3 Å². The van der Waals surface area contributed by atoms with Crippen molar-refractivity contribution in [2.24, 2.45) is 5.92 Å². The molecule has 0 amide bonds. The first-order valence-electron chi connectivity index (χ1n) is 5.94. The Bertz CT molecular complexity index is 274. The van der Waals surface area contributed by atoms with Gasteiger partial charge in [-0.1, -0.05) is 45.0 Å². The third-order valence-corrected chi connectivity index (χ3v) is 3.06. The number of benzene rings is 1. The van der Waals surface area contributed by atoms with E-state index in [4.69, 9.17) is 0 Å². The van der Waals surface area contributed by atoms with E-state index in [0.29, 0.717) is 12.0 Å². The van der Waals surface area contributed by atoms with Crippen LogP contribution >= 0.6 is 0 Å². The normalized spacial score (nSPS) is 13.1. The van der Waals surface area contributed by atoms with Crippen molar-refractivity contribution in [3.05, 3.63) is 35.4 Å². The third-order valence-electron chi connectivity index (χ3n) is 3.06. The molecule has 0 spiro atoms. The molecule has 1 atom stereocenters. The van der Waals surface area contributed by atoms with Crippen LogP contribution in [0.3, 0.4) is 0 Å². The molecule has 0 aliphatic heterocycles. The highest BCUT2D eigenvalue weighted by Gasteiger charge is 2.05. The van der Waals surface area contributed by atoms with Crippen LogP contribution in [-0.4, -0.2) is 6.04 Å².